The average Bonchev–Trinajstić information content (AvgIpc) is 2.87. The number of alkyl halides is 3. The number of para-hydroxylation sites is 1. The van der Waals surface area contributed by atoms with Crippen molar-refractivity contribution in [3.63, 3.8) is 0 Å². The maximum atomic E-state index is 12.1. The third-order valence-electron chi connectivity index (χ3n) is 2.53. The van der Waals surface area contributed by atoms with E-state index in [1.165, 1.54) is 4.68 Å². The summed E-state index contributed by atoms with van der Waals surface area (Å²) in [6.07, 6.45) is -7.05. The summed E-state index contributed by atoms with van der Waals surface area (Å²) in [4.78, 5) is 0. The van der Waals surface area contributed by atoms with Crippen LogP contribution in [0.2, 0.25) is 0 Å². The summed E-state index contributed by atoms with van der Waals surface area (Å²) in [6, 6.07) is 8.95. The first kappa shape index (κ1) is 14.4. The first-order valence-electron chi connectivity index (χ1n) is 5.76. The highest BCUT2D eigenvalue weighted by Crippen LogP contribution is 2.19. The van der Waals surface area contributed by atoms with E-state index in [-0.39, 0.29) is 6.54 Å². The van der Waals surface area contributed by atoms with Gasteiger partial charge in [-0.05, 0) is 22.6 Å². The van der Waals surface area contributed by atoms with E-state index in [9.17, 15) is 13.2 Å². The van der Waals surface area contributed by atoms with Crippen molar-refractivity contribution in [3.8, 4) is 5.69 Å². The molecule has 2 N–H and O–H groups in total. The molecule has 1 unspecified atom stereocenters. The molecule has 1 heterocycles. The van der Waals surface area contributed by atoms with Gasteiger partial charge >= 0.3 is 6.18 Å². The van der Waals surface area contributed by atoms with Crippen LogP contribution < -0.4 is 5.32 Å². The Morgan fingerprint density at radius 1 is 1.25 bits per heavy atom. The van der Waals surface area contributed by atoms with Gasteiger partial charge in [0.15, 0.2) is 11.9 Å². The molecule has 108 valence electrons. The first-order valence-corrected chi connectivity index (χ1v) is 5.76. The van der Waals surface area contributed by atoms with E-state index in [2.05, 4.69) is 20.8 Å². The molecule has 1 atom stereocenters. The van der Waals surface area contributed by atoms with Crippen molar-refractivity contribution >= 4 is 0 Å². The molecule has 0 aliphatic carbocycles. The van der Waals surface area contributed by atoms with Crippen LogP contribution in [0.3, 0.4) is 0 Å². The summed E-state index contributed by atoms with van der Waals surface area (Å²) in [7, 11) is 0. The van der Waals surface area contributed by atoms with Gasteiger partial charge in [-0.25, -0.2) is 0 Å². The van der Waals surface area contributed by atoms with Gasteiger partial charge in [0.25, 0.3) is 0 Å². The fourth-order valence-electron chi connectivity index (χ4n) is 1.52. The molecule has 20 heavy (non-hydrogen) atoms. The monoisotopic (exact) mass is 287 g/mol. The molecule has 2 aromatic rings. The van der Waals surface area contributed by atoms with E-state index in [1.807, 2.05) is 6.07 Å². The van der Waals surface area contributed by atoms with Crippen LogP contribution in [0.4, 0.5) is 13.2 Å². The average molecular weight is 287 g/mol. The molecule has 1 aromatic carbocycles. The summed E-state index contributed by atoms with van der Waals surface area (Å²) in [5.41, 5.74) is 0.700. The zero-order valence-corrected chi connectivity index (χ0v) is 10.2. The molecule has 0 saturated carbocycles. The van der Waals surface area contributed by atoms with Crippen molar-refractivity contribution in [1.82, 2.24) is 25.5 Å². The van der Waals surface area contributed by atoms with Crippen molar-refractivity contribution in [3.05, 3.63) is 36.2 Å². The minimum atomic E-state index is -4.64. The lowest BCUT2D eigenvalue weighted by Crippen LogP contribution is -2.38. The van der Waals surface area contributed by atoms with Crippen LogP contribution in [-0.2, 0) is 6.54 Å². The molecular formula is C11H12F3N5O. The number of nitrogens with zero attached hydrogens (tertiary/aromatic N) is 4. The summed E-state index contributed by atoms with van der Waals surface area (Å²) in [5.74, 6) is 0.352. The van der Waals surface area contributed by atoms with E-state index in [0.717, 1.165) is 0 Å². The molecule has 1 aromatic heterocycles. The van der Waals surface area contributed by atoms with Gasteiger partial charge in [-0.15, -0.1) is 5.10 Å². The van der Waals surface area contributed by atoms with Gasteiger partial charge in [0, 0.05) is 6.54 Å². The summed E-state index contributed by atoms with van der Waals surface area (Å²) < 4.78 is 37.8. The third kappa shape index (κ3) is 3.52. The summed E-state index contributed by atoms with van der Waals surface area (Å²) in [6.45, 7) is -0.611. The largest absolute Gasteiger partial charge is 0.415 e. The fraction of sp³-hybridized carbons (Fsp3) is 0.364. The topological polar surface area (TPSA) is 75.9 Å². The SMILES string of the molecule is OC(CNCc1nnnn1-c1ccccc1)C(F)(F)F. The predicted octanol–water partition coefficient (Wildman–Crippen LogP) is 0.675. The minimum Gasteiger partial charge on any atom is -0.382 e. The van der Waals surface area contributed by atoms with E-state index >= 15 is 0 Å². The highest BCUT2D eigenvalue weighted by molar-refractivity contribution is 5.30. The van der Waals surface area contributed by atoms with Crippen molar-refractivity contribution < 1.29 is 18.3 Å². The Kier molecular flexibility index (Phi) is 4.30. The molecule has 0 bridgehead atoms. The smallest absolute Gasteiger partial charge is 0.382 e. The Morgan fingerprint density at radius 3 is 2.60 bits per heavy atom. The Hall–Kier alpha value is -2.00. The molecule has 0 spiro atoms. The summed E-state index contributed by atoms with van der Waals surface area (Å²) in [5, 5.41) is 22.3. The molecule has 0 aliphatic rings. The normalized spacial score (nSPS) is 13.4. The number of rotatable bonds is 5. The van der Waals surface area contributed by atoms with Crippen LogP contribution in [0.5, 0.6) is 0 Å². The number of aliphatic hydroxyl groups is 1. The highest BCUT2D eigenvalue weighted by Gasteiger charge is 2.37. The lowest BCUT2D eigenvalue weighted by molar-refractivity contribution is -0.201. The molecule has 0 aliphatic heterocycles. The van der Waals surface area contributed by atoms with E-state index in [4.69, 9.17) is 5.11 Å². The van der Waals surface area contributed by atoms with Crippen molar-refractivity contribution in [2.75, 3.05) is 6.54 Å². The number of halogens is 3. The zero-order valence-electron chi connectivity index (χ0n) is 10.2. The number of hydrogen-bond donors (Lipinski definition) is 2. The van der Waals surface area contributed by atoms with Crippen LogP contribution in [0, 0.1) is 0 Å². The van der Waals surface area contributed by atoms with Crippen LogP contribution in [0.1, 0.15) is 5.82 Å². The van der Waals surface area contributed by atoms with Gasteiger partial charge in [-0.3, -0.25) is 0 Å². The van der Waals surface area contributed by atoms with Gasteiger partial charge in [0.05, 0.1) is 12.2 Å². The van der Waals surface area contributed by atoms with Crippen molar-refractivity contribution in [2.24, 2.45) is 0 Å². The van der Waals surface area contributed by atoms with E-state index < -0.39 is 18.8 Å². The predicted molar refractivity (Wildman–Crippen MR) is 62.9 cm³/mol. The second-order valence-corrected chi connectivity index (χ2v) is 4.03. The number of aromatic nitrogens is 4. The van der Waals surface area contributed by atoms with Gasteiger partial charge in [0.1, 0.15) is 0 Å². The van der Waals surface area contributed by atoms with Gasteiger partial charge < -0.3 is 10.4 Å². The Balaban J connectivity index is 1.97. The molecule has 2 rings (SSSR count). The molecule has 0 saturated heterocycles. The van der Waals surface area contributed by atoms with Gasteiger partial charge in [0.2, 0.25) is 0 Å². The second-order valence-electron chi connectivity index (χ2n) is 4.03. The van der Waals surface area contributed by atoms with E-state index in [0.29, 0.717) is 11.5 Å². The Labute approximate surface area is 112 Å². The number of tetrazole rings is 1. The zero-order chi connectivity index (χ0) is 14.6. The second kappa shape index (κ2) is 5.97. The van der Waals surface area contributed by atoms with Crippen LogP contribution in [-0.4, -0.2) is 44.1 Å². The number of aliphatic hydroxyl groups excluding tert-OH is 1. The molecular weight excluding hydrogens is 275 g/mol. The lowest BCUT2D eigenvalue weighted by atomic mass is 10.3. The van der Waals surface area contributed by atoms with Crippen molar-refractivity contribution in [1.29, 1.82) is 0 Å². The molecule has 9 heteroatoms. The maximum Gasteiger partial charge on any atom is 0.415 e. The number of nitrogens with one attached hydrogen (secondary N) is 1. The number of benzene rings is 1. The Bertz CT molecular complexity index is 542. The maximum absolute atomic E-state index is 12.1. The Morgan fingerprint density at radius 2 is 1.95 bits per heavy atom. The molecule has 6 nitrogen and oxygen atoms in total. The van der Waals surface area contributed by atoms with Crippen LogP contribution in [0.15, 0.2) is 30.3 Å². The molecule has 0 amide bonds. The summed E-state index contributed by atoms with van der Waals surface area (Å²) >= 11 is 0. The minimum absolute atomic E-state index is 0.00896. The highest BCUT2D eigenvalue weighted by atomic mass is 19.4. The molecule has 0 radical (unpaired) electrons. The first-order chi connectivity index (χ1) is 9.48. The fourth-order valence-corrected chi connectivity index (χ4v) is 1.52. The van der Waals surface area contributed by atoms with Gasteiger partial charge in [-0.1, -0.05) is 18.2 Å². The van der Waals surface area contributed by atoms with Gasteiger partial charge in [-0.2, -0.15) is 17.9 Å². The van der Waals surface area contributed by atoms with Crippen LogP contribution >= 0.6 is 0 Å². The third-order valence-corrected chi connectivity index (χ3v) is 2.53. The lowest BCUT2D eigenvalue weighted by Gasteiger charge is -2.14. The molecule has 0 fully saturated rings. The standard InChI is InChI=1S/C11H12F3N5O/c12-11(13,14)9(20)6-15-7-10-16-17-18-19(10)8-4-2-1-3-5-8/h1-5,9,15,20H,6-7H2. The van der Waals surface area contributed by atoms with Crippen molar-refractivity contribution in [2.45, 2.75) is 18.8 Å². The van der Waals surface area contributed by atoms with Crippen LogP contribution in [0.25, 0.3) is 5.69 Å². The quantitative estimate of drug-likeness (QED) is 0.845. The number of hydrogen-bond acceptors (Lipinski definition) is 5. The van der Waals surface area contributed by atoms with E-state index in [1.54, 1.807) is 24.3 Å².